The van der Waals surface area contributed by atoms with E-state index in [1.165, 1.54) is 11.1 Å². The first kappa shape index (κ1) is 14.0. The van der Waals surface area contributed by atoms with Crippen LogP contribution in [0.25, 0.3) is 0 Å². The van der Waals surface area contributed by atoms with Crippen molar-refractivity contribution in [2.45, 2.75) is 32.7 Å². The SMILES string of the molecule is CC(C)c1ccc(C(C)Nc2ccccc2Cl)cc1. The smallest absolute Gasteiger partial charge is 0.0637 e. The van der Waals surface area contributed by atoms with Crippen molar-refractivity contribution in [2.24, 2.45) is 0 Å². The Bertz CT molecular complexity index is 531. The summed E-state index contributed by atoms with van der Waals surface area (Å²) in [6.07, 6.45) is 0. The molecule has 0 fully saturated rings. The fourth-order valence-electron chi connectivity index (χ4n) is 2.06. The van der Waals surface area contributed by atoms with Gasteiger partial charge in [-0.05, 0) is 36.1 Å². The predicted octanol–water partition coefficient (Wildman–Crippen LogP) is 5.64. The van der Waals surface area contributed by atoms with Crippen molar-refractivity contribution in [3.05, 3.63) is 64.7 Å². The van der Waals surface area contributed by atoms with E-state index in [9.17, 15) is 0 Å². The minimum atomic E-state index is 0.237. The number of hydrogen-bond donors (Lipinski definition) is 1. The lowest BCUT2D eigenvalue weighted by molar-refractivity contribution is 0.852. The molecule has 0 heterocycles. The van der Waals surface area contributed by atoms with Gasteiger partial charge in [-0.2, -0.15) is 0 Å². The Balaban J connectivity index is 2.12. The van der Waals surface area contributed by atoms with E-state index in [2.05, 4.69) is 50.4 Å². The molecule has 100 valence electrons. The highest BCUT2D eigenvalue weighted by Gasteiger charge is 2.08. The van der Waals surface area contributed by atoms with Gasteiger partial charge in [-0.15, -0.1) is 0 Å². The van der Waals surface area contributed by atoms with Gasteiger partial charge < -0.3 is 5.32 Å². The highest BCUT2D eigenvalue weighted by Crippen LogP contribution is 2.26. The van der Waals surface area contributed by atoms with Crippen molar-refractivity contribution >= 4 is 17.3 Å². The number of anilines is 1. The fraction of sp³-hybridized carbons (Fsp3) is 0.294. The van der Waals surface area contributed by atoms with Gasteiger partial charge in [0.15, 0.2) is 0 Å². The molecule has 2 aromatic rings. The maximum atomic E-state index is 6.16. The molecule has 0 aliphatic rings. The lowest BCUT2D eigenvalue weighted by atomic mass is 9.99. The molecule has 2 heteroatoms. The van der Waals surface area contributed by atoms with E-state index in [0.717, 1.165) is 10.7 Å². The molecule has 19 heavy (non-hydrogen) atoms. The van der Waals surface area contributed by atoms with Crippen LogP contribution in [-0.2, 0) is 0 Å². The summed E-state index contributed by atoms with van der Waals surface area (Å²) in [6, 6.07) is 16.8. The molecule has 0 aliphatic carbocycles. The van der Waals surface area contributed by atoms with Crippen LogP contribution in [-0.4, -0.2) is 0 Å². The van der Waals surface area contributed by atoms with Crippen molar-refractivity contribution in [1.82, 2.24) is 0 Å². The second-order valence-electron chi connectivity index (χ2n) is 5.17. The molecule has 0 saturated heterocycles. The third-order valence-corrected chi connectivity index (χ3v) is 3.68. The van der Waals surface area contributed by atoms with Crippen molar-refractivity contribution in [1.29, 1.82) is 0 Å². The van der Waals surface area contributed by atoms with E-state index >= 15 is 0 Å². The van der Waals surface area contributed by atoms with Gasteiger partial charge in [-0.25, -0.2) is 0 Å². The molecule has 1 unspecified atom stereocenters. The quantitative estimate of drug-likeness (QED) is 0.760. The molecule has 0 saturated carbocycles. The van der Waals surface area contributed by atoms with Crippen LogP contribution in [0.5, 0.6) is 0 Å². The number of rotatable bonds is 4. The van der Waals surface area contributed by atoms with Crippen LogP contribution in [0.1, 0.15) is 43.9 Å². The highest BCUT2D eigenvalue weighted by atomic mass is 35.5. The van der Waals surface area contributed by atoms with Crippen molar-refractivity contribution in [3.8, 4) is 0 Å². The Morgan fingerprint density at radius 2 is 1.42 bits per heavy atom. The lowest BCUT2D eigenvalue weighted by Gasteiger charge is -2.17. The first-order valence-electron chi connectivity index (χ1n) is 6.69. The number of halogens is 1. The van der Waals surface area contributed by atoms with Gasteiger partial charge in [0, 0.05) is 6.04 Å². The molecule has 2 aromatic carbocycles. The summed E-state index contributed by atoms with van der Waals surface area (Å²) in [6.45, 7) is 6.56. The molecule has 0 bridgehead atoms. The van der Waals surface area contributed by atoms with Gasteiger partial charge in [0.05, 0.1) is 10.7 Å². The summed E-state index contributed by atoms with van der Waals surface area (Å²) >= 11 is 6.16. The van der Waals surface area contributed by atoms with Gasteiger partial charge in [-0.3, -0.25) is 0 Å². The molecule has 0 radical (unpaired) electrons. The molecule has 0 aromatic heterocycles. The molecule has 0 spiro atoms. The maximum absolute atomic E-state index is 6.16. The van der Waals surface area contributed by atoms with Crippen LogP contribution in [0.15, 0.2) is 48.5 Å². The minimum absolute atomic E-state index is 0.237. The Morgan fingerprint density at radius 3 is 2.00 bits per heavy atom. The van der Waals surface area contributed by atoms with Gasteiger partial charge in [-0.1, -0.05) is 61.8 Å². The van der Waals surface area contributed by atoms with E-state index in [4.69, 9.17) is 11.6 Å². The van der Waals surface area contributed by atoms with E-state index in [1.54, 1.807) is 0 Å². The normalized spacial score (nSPS) is 12.5. The van der Waals surface area contributed by atoms with Gasteiger partial charge >= 0.3 is 0 Å². The summed E-state index contributed by atoms with van der Waals surface area (Å²) in [5, 5.41) is 4.20. The maximum Gasteiger partial charge on any atom is 0.0637 e. The van der Waals surface area contributed by atoms with E-state index < -0.39 is 0 Å². The topological polar surface area (TPSA) is 12.0 Å². The summed E-state index contributed by atoms with van der Waals surface area (Å²) in [5.41, 5.74) is 3.61. The molecule has 2 rings (SSSR count). The second-order valence-corrected chi connectivity index (χ2v) is 5.57. The van der Waals surface area contributed by atoms with Crippen LogP contribution in [0.4, 0.5) is 5.69 Å². The average Bonchev–Trinajstić information content (AvgIpc) is 2.41. The molecular formula is C17H20ClN. The molecular weight excluding hydrogens is 254 g/mol. The summed E-state index contributed by atoms with van der Waals surface area (Å²) < 4.78 is 0. The molecule has 1 atom stereocenters. The highest BCUT2D eigenvalue weighted by molar-refractivity contribution is 6.33. The van der Waals surface area contributed by atoms with Gasteiger partial charge in [0.25, 0.3) is 0 Å². The van der Waals surface area contributed by atoms with Gasteiger partial charge in [0.1, 0.15) is 0 Å². The average molecular weight is 274 g/mol. The first-order chi connectivity index (χ1) is 9.08. The molecule has 1 nitrogen and oxygen atoms in total. The predicted molar refractivity (Wildman–Crippen MR) is 84.0 cm³/mol. The zero-order chi connectivity index (χ0) is 13.8. The number of hydrogen-bond acceptors (Lipinski definition) is 1. The molecule has 0 amide bonds. The van der Waals surface area contributed by atoms with E-state index in [1.807, 2.05) is 24.3 Å². The molecule has 1 N–H and O–H groups in total. The van der Waals surface area contributed by atoms with Crippen LogP contribution in [0, 0.1) is 0 Å². The third-order valence-electron chi connectivity index (χ3n) is 3.35. The largest absolute Gasteiger partial charge is 0.377 e. The standard InChI is InChI=1S/C17H20ClN/c1-12(2)14-8-10-15(11-9-14)13(3)19-17-7-5-4-6-16(17)18/h4-13,19H,1-3H3. The lowest BCUT2D eigenvalue weighted by Crippen LogP contribution is -2.07. The first-order valence-corrected chi connectivity index (χ1v) is 7.06. The van der Waals surface area contributed by atoms with Crippen LogP contribution in [0.3, 0.4) is 0 Å². The number of nitrogens with one attached hydrogen (secondary N) is 1. The minimum Gasteiger partial charge on any atom is -0.377 e. The van der Waals surface area contributed by atoms with Crippen LogP contribution < -0.4 is 5.32 Å². The van der Waals surface area contributed by atoms with E-state index in [0.29, 0.717) is 5.92 Å². The Morgan fingerprint density at radius 1 is 0.842 bits per heavy atom. The Labute approximate surface area is 120 Å². The number of para-hydroxylation sites is 1. The van der Waals surface area contributed by atoms with Gasteiger partial charge in [0.2, 0.25) is 0 Å². The Kier molecular flexibility index (Phi) is 4.49. The second kappa shape index (κ2) is 6.12. The monoisotopic (exact) mass is 273 g/mol. The molecule has 0 aliphatic heterocycles. The third kappa shape index (κ3) is 3.51. The van der Waals surface area contributed by atoms with Crippen molar-refractivity contribution in [2.75, 3.05) is 5.32 Å². The van der Waals surface area contributed by atoms with Crippen LogP contribution in [0.2, 0.25) is 5.02 Å². The number of benzene rings is 2. The zero-order valence-electron chi connectivity index (χ0n) is 11.7. The summed E-state index contributed by atoms with van der Waals surface area (Å²) in [4.78, 5) is 0. The zero-order valence-corrected chi connectivity index (χ0v) is 12.4. The Hall–Kier alpha value is -1.47. The van der Waals surface area contributed by atoms with Crippen molar-refractivity contribution < 1.29 is 0 Å². The summed E-state index contributed by atoms with van der Waals surface area (Å²) in [7, 11) is 0. The van der Waals surface area contributed by atoms with E-state index in [-0.39, 0.29) is 6.04 Å². The fourth-order valence-corrected chi connectivity index (χ4v) is 2.25. The van der Waals surface area contributed by atoms with Crippen LogP contribution >= 0.6 is 11.6 Å². The van der Waals surface area contributed by atoms with Crippen molar-refractivity contribution in [3.63, 3.8) is 0 Å². The summed E-state index contributed by atoms with van der Waals surface area (Å²) in [5.74, 6) is 0.570.